The minimum absolute atomic E-state index is 0. The van der Waals surface area contributed by atoms with Gasteiger partial charge in [0, 0.05) is 45.0 Å². The second kappa shape index (κ2) is 26.3. The zero-order valence-corrected chi connectivity index (χ0v) is 39.6. The quantitative estimate of drug-likeness (QED) is 0.0206. The number of unbranched alkanes of at least 4 members (excludes halogenated alkanes) is 6. The van der Waals surface area contributed by atoms with Crippen molar-refractivity contribution >= 4 is 35.5 Å². The first-order valence-corrected chi connectivity index (χ1v) is 22.4. The van der Waals surface area contributed by atoms with Gasteiger partial charge in [0.05, 0.1) is 7.11 Å². The van der Waals surface area contributed by atoms with Crippen LogP contribution in [0.25, 0.3) is 5.84 Å². The number of phenolic OH excluding ortho intramolecular Hbond substituents is 4. The van der Waals surface area contributed by atoms with Crippen LogP contribution in [0.1, 0.15) is 125 Å². The van der Waals surface area contributed by atoms with Crippen molar-refractivity contribution in [1.82, 2.24) is 0 Å². The van der Waals surface area contributed by atoms with Crippen molar-refractivity contribution in [2.75, 3.05) is 18.6 Å². The molecule has 2 aliphatic heterocycles. The molecule has 0 saturated heterocycles. The Labute approximate surface area is 391 Å². The maximum atomic E-state index is 11.3. The second-order valence-corrected chi connectivity index (χ2v) is 18.0. The van der Waals surface area contributed by atoms with Crippen LogP contribution in [0.2, 0.25) is 0 Å². The molecule has 328 valence electrons. The van der Waals surface area contributed by atoms with Gasteiger partial charge in [-0.05, 0) is 108 Å². The molecule has 4 aromatic carbocycles. The summed E-state index contributed by atoms with van der Waals surface area (Å²) >= 11 is 3.57. The third kappa shape index (κ3) is 14.8. The standard InChI is InChI=1S/C24H30O4S.C23H28O4S.H3N2.Na.H2O/c1-24(17-9-11-18(25)12-10-17)16-29-22-15-19(26)13-14-20(22)21(24)7-5-3-4-6-8-23(27)28-2;1-23(16-8-10-17(24)11-9-16)15-28-21-14-18(25)12-13-19(21)20(23)6-4-2-3-5-7-22(26)27;1-2;;/h9-15,21,25-26H,3-8,16H2,1-2H3;8-14,20,24-25H,2-7,15H2,1H3,(H,26,27);1H,2H2;;1H2/q;;-1;+1;/p-1/t21-,24-;20-,23-;;;/m11.../s1. The predicted octanol–water partition coefficient (Wildman–Crippen LogP) is 8.17. The number of benzene rings is 4. The predicted molar refractivity (Wildman–Crippen MR) is 240 cm³/mol. The average molecular weight is 886 g/mol. The third-order valence-electron chi connectivity index (χ3n) is 11.9. The first-order valence-electron chi connectivity index (χ1n) is 20.4. The molecule has 6 rings (SSSR count). The van der Waals surface area contributed by atoms with Gasteiger partial charge in [0.15, 0.2) is 0 Å². The largest absolute Gasteiger partial charge is 1.00 e. The molecular formula is C47H62N2NaO9S2-. The molecule has 2 aliphatic rings. The third-order valence-corrected chi connectivity index (χ3v) is 14.7. The normalized spacial score (nSPS) is 19.8. The molecule has 0 saturated carbocycles. The molecular weight excluding hydrogens is 824 g/mol. The number of methoxy groups -OCH3 is 1. The molecule has 0 spiro atoms. The Bertz CT molecular complexity index is 1950. The Kier molecular flexibility index (Phi) is 23.1. The number of carboxylic acid groups (broad SMARTS) is 1. The summed E-state index contributed by atoms with van der Waals surface area (Å²) in [5.41, 5.74) is 4.90. The van der Waals surface area contributed by atoms with Gasteiger partial charge >= 0.3 is 41.5 Å². The van der Waals surface area contributed by atoms with Crippen molar-refractivity contribution in [3.8, 4) is 23.0 Å². The minimum Gasteiger partial charge on any atom is -0.870 e. The van der Waals surface area contributed by atoms with Gasteiger partial charge in [0.1, 0.15) is 23.0 Å². The molecule has 4 atom stereocenters. The number of hydrogen-bond donors (Lipinski definition) is 6. The first kappa shape index (κ1) is 53.7. The average Bonchev–Trinajstić information content (AvgIpc) is 3.23. The molecule has 14 heteroatoms. The summed E-state index contributed by atoms with van der Waals surface area (Å²) < 4.78 is 4.71. The number of ether oxygens (including phenoxy) is 1. The summed E-state index contributed by atoms with van der Waals surface area (Å²) in [4.78, 5) is 24.2. The maximum absolute atomic E-state index is 11.3. The zero-order valence-electron chi connectivity index (χ0n) is 35.9. The van der Waals surface area contributed by atoms with Crippen LogP contribution in [0, 0.1) is 0 Å². The molecule has 0 fully saturated rings. The fraction of sp³-hybridized carbons (Fsp3) is 0.447. The van der Waals surface area contributed by atoms with Crippen LogP contribution >= 0.6 is 23.5 Å². The summed E-state index contributed by atoms with van der Waals surface area (Å²) in [6.07, 6.45) is 10.6. The number of aromatic hydroxyl groups is 4. The number of nitrogens with two attached hydrogens (primary N) is 1. The summed E-state index contributed by atoms with van der Waals surface area (Å²) in [7, 11) is 1.43. The maximum Gasteiger partial charge on any atom is 1.00 e. The summed E-state index contributed by atoms with van der Waals surface area (Å²) in [6, 6.07) is 26.5. The smallest absolute Gasteiger partial charge is 0.870 e. The minimum atomic E-state index is -0.724. The van der Waals surface area contributed by atoms with E-state index in [0.717, 1.165) is 85.5 Å². The van der Waals surface area contributed by atoms with Crippen molar-refractivity contribution in [3.63, 3.8) is 0 Å². The number of carbonyl (C=O) groups is 2. The van der Waals surface area contributed by atoms with E-state index in [1.54, 1.807) is 59.9 Å². The van der Waals surface area contributed by atoms with E-state index in [1.165, 1.54) is 29.4 Å². The van der Waals surface area contributed by atoms with Gasteiger partial charge in [-0.3, -0.25) is 9.59 Å². The first-order chi connectivity index (χ1) is 28.3. The monoisotopic (exact) mass is 885 g/mol. The molecule has 9 N–H and O–H groups in total. The number of hydrogen-bond acceptors (Lipinski definition) is 11. The van der Waals surface area contributed by atoms with Crippen LogP contribution < -0.4 is 35.4 Å². The Morgan fingerprint density at radius 3 is 1.36 bits per heavy atom. The van der Waals surface area contributed by atoms with Crippen LogP contribution in [0.15, 0.2) is 94.7 Å². The van der Waals surface area contributed by atoms with Crippen molar-refractivity contribution in [3.05, 3.63) is 113 Å². The summed E-state index contributed by atoms with van der Waals surface area (Å²) in [5, 5.41) is 48.0. The fourth-order valence-electron chi connectivity index (χ4n) is 8.47. The number of thioether (sulfide) groups is 2. The molecule has 0 radical (unpaired) electrons. The summed E-state index contributed by atoms with van der Waals surface area (Å²) in [6.45, 7) is 4.60. The van der Waals surface area contributed by atoms with Gasteiger partial charge in [0.25, 0.3) is 0 Å². The van der Waals surface area contributed by atoms with E-state index in [4.69, 9.17) is 15.7 Å². The van der Waals surface area contributed by atoms with Crippen LogP contribution in [0.3, 0.4) is 0 Å². The van der Waals surface area contributed by atoms with Gasteiger partial charge in [-0.15, -0.1) is 23.5 Å². The van der Waals surface area contributed by atoms with Crippen LogP contribution in [-0.2, 0) is 25.2 Å². The molecule has 0 unspecified atom stereocenters. The van der Waals surface area contributed by atoms with E-state index < -0.39 is 5.97 Å². The van der Waals surface area contributed by atoms with Crippen molar-refractivity contribution in [2.45, 2.75) is 123 Å². The van der Waals surface area contributed by atoms with Crippen molar-refractivity contribution in [1.29, 1.82) is 0 Å². The molecule has 2 heterocycles. The Morgan fingerprint density at radius 1 is 0.623 bits per heavy atom. The van der Waals surface area contributed by atoms with E-state index in [2.05, 4.69) is 25.8 Å². The number of nitrogens with one attached hydrogen (secondary N) is 1. The Balaban J connectivity index is 0.000000392. The number of phenols is 4. The molecule has 0 aliphatic carbocycles. The molecule has 4 aromatic rings. The molecule has 11 nitrogen and oxygen atoms in total. The number of aliphatic carboxylic acids is 1. The van der Waals surface area contributed by atoms with Crippen molar-refractivity contribution < 1.29 is 74.9 Å². The van der Waals surface area contributed by atoms with Gasteiger partial charge in [-0.1, -0.05) is 88.8 Å². The van der Waals surface area contributed by atoms with E-state index in [9.17, 15) is 30.0 Å². The zero-order chi connectivity index (χ0) is 43.0. The SMILES string of the molecule is COC(=O)CCCCCC[C@@H]1c2ccc(O)cc2SC[C@]1(C)c1ccc(O)cc1.C[C@]1(c2ccc(O)cc2)CSc2cc(O)ccc2[C@H]1CCCCCCC(=O)O.[NH-]N.[Na+].[OH-]. The fourth-order valence-corrected chi connectivity index (χ4v) is 11.3. The number of carboxylic acids is 1. The van der Waals surface area contributed by atoms with E-state index in [0.29, 0.717) is 29.8 Å². The second-order valence-electron chi connectivity index (χ2n) is 15.9. The van der Waals surface area contributed by atoms with Gasteiger partial charge in [0.2, 0.25) is 0 Å². The van der Waals surface area contributed by atoms with E-state index >= 15 is 0 Å². The van der Waals surface area contributed by atoms with Gasteiger partial charge in [-0.25, -0.2) is 0 Å². The molecule has 0 aromatic heterocycles. The number of carbonyl (C=O) groups excluding carboxylic acids is 1. The van der Waals surface area contributed by atoms with Gasteiger partial charge in [-0.2, -0.15) is 0 Å². The number of rotatable bonds is 16. The Morgan fingerprint density at radius 2 is 0.984 bits per heavy atom. The molecule has 0 amide bonds. The molecule has 0 bridgehead atoms. The topological polar surface area (TPSA) is 224 Å². The van der Waals surface area contributed by atoms with Crippen LogP contribution in [0.4, 0.5) is 0 Å². The number of fused-ring (bicyclic) bond motifs is 2. The summed E-state index contributed by atoms with van der Waals surface area (Å²) in [5.74, 6) is 11.8. The van der Waals surface area contributed by atoms with Crippen LogP contribution in [-0.4, -0.2) is 61.6 Å². The molecule has 61 heavy (non-hydrogen) atoms. The van der Waals surface area contributed by atoms with E-state index in [1.807, 2.05) is 42.5 Å². The van der Waals surface area contributed by atoms with Crippen molar-refractivity contribution in [2.24, 2.45) is 5.84 Å². The number of esters is 1. The van der Waals surface area contributed by atoms with Gasteiger partial charge < -0.3 is 47.4 Å². The van der Waals surface area contributed by atoms with E-state index in [-0.39, 0.29) is 69.8 Å². The Hall–Kier alpha value is -3.40. The van der Waals surface area contributed by atoms with Crippen LogP contribution in [0.5, 0.6) is 23.0 Å².